The Hall–Kier alpha value is -3.70. The standard InChI is InChI=1S/C14H7F3N4O5/c15-14(16,17)11-7(2-1-3-18-11)13-19-12(20-26-13)6-4-8(21(24)25)10(23)9(22)5-6/h1-5,22-23H. The largest absolute Gasteiger partial charge is 0.504 e. The lowest BCUT2D eigenvalue weighted by molar-refractivity contribution is -0.385. The highest BCUT2D eigenvalue weighted by Crippen LogP contribution is 2.39. The van der Waals surface area contributed by atoms with Crippen LogP contribution in [0.25, 0.3) is 22.8 Å². The molecule has 0 saturated carbocycles. The number of hydrogen-bond donors (Lipinski definition) is 2. The Kier molecular flexibility index (Phi) is 3.94. The van der Waals surface area contributed by atoms with Gasteiger partial charge in [0.2, 0.25) is 11.6 Å². The van der Waals surface area contributed by atoms with Gasteiger partial charge >= 0.3 is 11.9 Å². The van der Waals surface area contributed by atoms with Gasteiger partial charge in [0, 0.05) is 17.8 Å². The number of pyridine rings is 1. The van der Waals surface area contributed by atoms with E-state index in [1.165, 1.54) is 6.07 Å². The molecule has 0 saturated heterocycles. The third-order valence-corrected chi connectivity index (χ3v) is 3.26. The molecular weight excluding hydrogens is 361 g/mol. The van der Waals surface area contributed by atoms with Crippen LogP contribution in [-0.4, -0.2) is 30.3 Å². The number of aromatic nitrogens is 3. The Morgan fingerprint density at radius 2 is 1.96 bits per heavy atom. The first-order chi connectivity index (χ1) is 12.2. The molecule has 2 N–H and O–H groups in total. The minimum Gasteiger partial charge on any atom is -0.504 e. The summed E-state index contributed by atoms with van der Waals surface area (Å²) in [5, 5.41) is 33.4. The average Bonchev–Trinajstić information content (AvgIpc) is 3.06. The SMILES string of the molecule is O=[N+]([O-])c1cc(-c2noc(-c3cccnc3C(F)(F)F)n2)cc(O)c1O. The van der Waals surface area contributed by atoms with Crippen molar-refractivity contribution in [3.63, 3.8) is 0 Å². The molecule has 134 valence electrons. The van der Waals surface area contributed by atoms with Gasteiger partial charge in [0.05, 0.1) is 10.5 Å². The van der Waals surface area contributed by atoms with Crippen LogP contribution < -0.4 is 0 Å². The summed E-state index contributed by atoms with van der Waals surface area (Å²) < 4.78 is 43.8. The predicted molar refractivity (Wildman–Crippen MR) is 78.0 cm³/mol. The lowest BCUT2D eigenvalue weighted by Crippen LogP contribution is -2.09. The number of phenols is 2. The highest BCUT2D eigenvalue weighted by molar-refractivity contribution is 5.69. The van der Waals surface area contributed by atoms with Crippen LogP contribution in [0.4, 0.5) is 18.9 Å². The summed E-state index contributed by atoms with van der Waals surface area (Å²) in [5.41, 5.74) is -2.69. The molecule has 3 rings (SSSR count). The smallest absolute Gasteiger partial charge is 0.434 e. The number of benzene rings is 1. The highest BCUT2D eigenvalue weighted by Gasteiger charge is 2.37. The van der Waals surface area contributed by atoms with E-state index in [9.17, 15) is 33.5 Å². The molecule has 0 unspecified atom stereocenters. The van der Waals surface area contributed by atoms with Crippen molar-refractivity contribution in [3.05, 3.63) is 46.3 Å². The van der Waals surface area contributed by atoms with E-state index < -0.39 is 45.4 Å². The van der Waals surface area contributed by atoms with E-state index in [1.54, 1.807) is 0 Å². The van der Waals surface area contributed by atoms with Gasteiger partial charge < -0.3 is 14.7 Å². The molecule has 1 aromatic carbocycles. The van der Waals surface area contributed by atoms with Crippen molar-refractivity contribution < 1.29 is 32.8 Å². The number of halogens is 3. The number of nitro groups is 1. The van der Waals surface area contributed by atoms with Crippen LogP contribution in [0.5, 0.6) is 11.5 Å². The van der Waals surface area contributed by atoms with Crippen molar-refractivity contribution in [2.24, 2.45) is 0 Å². The van der Waals surface area contributed by atoms with Gasteiger partial charge in [-0.2, -0.15) is 18.2 Å². The number of nitro benzene ring substituents is 1. The van der Waals surface area contributed by atoms with Crippen LogP contribution in [0.15, 0.2) is 35.0 Å². The summed E-state index contributed by atoms with van der Waals surface area (Å²) in [6.45, 7) is 0. The molecule has 0 aliphatic rings. The predicted octanol–water partition coefficient (Wildman–Crippen LogP) is 3.14. The van der Waals surface area contributed by atoms with E-state index in [-0.39, 0.29) is 11.4 Å². The first kappa shape index (κ1) is 17.1. The number of aromatic hydroxyl groups is 2. The van der Waals surface area contributed by atoms with E-state index >= 15 is 0 Å². The summed E-state index contributed by atoms with van der Waals surface area (Å²) in [4.78, 5) is 16.9. The van der Waals surface area contributed by atoms with Gasteiger partial charge in [-0.3, -0.25) is 15.1 Å². The van der Waals surface area contributed by atoms with Gasteiger partial charge in [0.15, 0.2) is 11.4 Å². The van der Waals surface area contributed by atoms with E-state index in [0.717, 1.165) is 24.4 Å². The lowest BCUT2D eigenvalue weighted by Gasteiger charge is -2.07. The van der Waals surface area contributed by atoms with Gasteiger partial charge in [-0.25, -0.2) is 0 Å². The zero-order valence-electron chi connectivity index (χ0n) is 12.4. The van der Waals surface area contributed by atoms with E-state index in [0.29, 0.717) is 0 Å². The fourth-order valence-corrected chi connectivity index (χ4v) is 2.13. The van der Waals surface area contributed by atoms with Crippen molar-refractivity contribution in [1.82, 2.24) is 15.1 Å². The molecular formula is C14H7F3N4O5. The molecule has 0 atom stereocenters. The Morgan fingerprint density at radius 3 is 2.62 bits per heavy atom. The number of alkyl halides is 3. The zero-order chi connectivity index (χ0) is 19.1. The maximum Gasteiger partial charge on any atom is 0.434 e. The highest BCUT2D eigenvalue weighted by atomic mass is 19.4. The minimum absolute atomic E-state index is 0.139. The quantitative estimate of drug-likeness (QED) is 0.409. The molecule has 12 heteroatoms. The van der Waals surface area contributed by atoms with Crippen LogP contribution in [-0.2, 0) is 6.18 Å². The monoisotopic (exact) mass is 368 g/mol. The van der Waals surface area contributed by atoms with Crippen LogP contribution in [0, 0.1) is 10.1 Å². The van der Waals surface area contributed by atoms with Gasteiger partial charge in [-0.05, 0) is 18.2 Å². The van der Waals surface area contributed by atoms with E-state index in [1.807, 2.05) is 0 Å². The molecule has 2 aromatic heterocycles. The third kappa shape index (κ3) is 2.99. The first-order valence-electron chi connectivity index (χ1n) is 6.75. The molecule has 3 aromatic rings. The number of nitrogens with zero attached hydrogens (tertiary/aromatic N) is 4. The molecule has 0 aliphatic carbocycles. The third-order valence-electron chi connectivity index (χ3n) is 3.26. The Morgan fingerprint density at radius 1 is 1.23 bits per heavy atom. The summed E-state index contributed by atoms with van der Waals surface area (Å²) in [5.74, 6) is -2.63. The Labute approximate surface area is 141 Å². The van der Waals surface area contributed by atoms with E-state index in [2.05, 4.69) is 15.1 Å². The fraction of sp³-hybridized carbons (Fsp3) is 0.0714. The van der Waals surface area contributed by atoms with Gasteiger partial charge in [0.25, 0.3) is 5.89 Å². The van der Waals surface area contributed by atoms with Crippen molar-refractivity contribution in [1.29, 1.82) is 0 Å². The second-order valence-corrected chi connectivity index (χ2v) is 4.94. The molecule has 0 fully saturated rings. The van der Waals surface area contributed by atoms with Crippen LogP contribution in [0.1, 0.15) is 5.69 Å². The maximum absolute atomic E-state index is 13.0. The number of rotatable bonds is 3. The average molecular weight is 368 g/mol. The molecule has 0 radical (unpaired) electrons. The summed E-state index contributed by atoms with van der Waals surface area (Å²) in [6, 6.07) is 4.07. The van der Waals surface area contributed by atoms with Crippen molar-refractivity contribution >= 4 is 5.69 Å². The Bertz CT molecular complexity index is 1000. The Balaban J connectivity index is 2.09. The van der Waals surface area contributed by atoms with Crippen molar-refractivity contribution in [3.8, 4) is 34.3 Å². The van der Waals surface area contributed by atoms with Gasteiger partial charge in [-0.15, -0.1) is 0 Å². The fourth-order valence-electron chi connectivity index (χ4n) is 2.13. The first-order valence-corrected chi connectivity index (χ1v) is 6.75. The number of phenolic OH excluding ortho intramolecular Hbond substituents is 2. The summed E-state index contributed by atoms with van der Waals surface area (Å²) >= 11 is 0. The second kappa shape index (κ2) is 5.98. The van der Waals surface area contributed by atoms with Gasteiger partial charge in [-0.1, -0.05) is 5.16 Å². The molecule has 0 bridgehead atoms. The molecule has 26 heavy (non-hydrogen) atoms. The van der Waals surface area contributed by atoms with Crippen LogP contribution in [0.3, 0.4) is 0 Å². The topological polar surface area (TPSA) is 135 Å². The molecule has 0 aliphatic heterocycles. The lowest BCUT2D eigenvalue weighted by atomic mass is 10.1. The molecule has 0 amide bonds. The summed E-state index contributed by atoms with van der Waals surface area (Å²) in [7, 11) is 0. The maximum atomic E-state index is 13.0. The van der Waals surface area contributed by atoms with Crippen LogP contribution in [0.2, 0.25) is 0 Å². The zero-order valence-corrected chi connectivity index (χ0v) is 12.4. The van der Waals surface area contributed by atoms with Crippen molar-refractivity contribution in [2.75, 3.05) is 0 Å². The van der Waals surface area contributed by atoms with Gasteiger partial charge in [0.1, 0.15) is 0 Å². The number of hydrogen-bond acceptors (Lipinski definition) is 8. The molecule has 2 heterocycles. The van der Waals surface area contributed by atoms with Crippen LogP contribution >= 0.6 is 0 Å². The normalized spacial score (nSPS) is 11.5. The minimum atomic E-state index is -4.76. The second-order valence-electron chi connectivity index (χ2n) is 4.94. The van der Waals surface area contributed by atoms with E-state index in [4.69, 9.17) is 4.52 Å². The summed E-state index contributed by atoms with van der Waals surface area (Å²) in [6.07, 6.45) is -3.81. The molecule has 0 spiro atoms. The molecule has 9 nitrogen and oxygen atoms in total. The van der Waals surface area contributed by atoms with Crippen molar-refractivity contribution in [2.45, 2.75) is 6.18 Å².